The highest BCUT2D eigenvalue weighted by Gasteiger charge is 2.15. The molecule has 2 heteroatoms. The van der Waals surface area contributed by atoms with Gasteiger partial charge in [0.1, 0.15) is 5.78 Å². The van der Waals surface area contributed by atoms with Crippen molar-refractivity contribution in [1.82, 2.24) is 0 Å². The molecule has 17 heavy (non-hydrogen) atoms. The summed E-state index contributed by atoms with van der Waals surface area (Å²) in [5.74, 6) is 0.567. The second kappa shape index (κ2) is 7.50. The fraction of sp³-hybridized carbons (Fsp3) is 0.533. The molecule has 0 aliphatic rings. The quantitative estimate of drug-likeness (QED) is 0.689. The Kier molecular flexibility index (Phi) is 6.28. The number of ketones is 1. The van der Waals surface area contributed by atoms with Gasteiger partial charge in [-0.05, 0) is 30.5 Å². The number of benzene rings is 1. The summed E-state index contributed by atoms with van der Waals surface area (Å²) in [6.07, 6.45) is 4.77. The predicted octanol–water partition coefficient (Wildman–Crippen LogP) is 4.67. The number of carbonyl (C=O) groups is 1. The SMILES string of the molecule is CCCCC(CC)C(=O)Cc1cccc(Cl)c1. The summed E-state index contributed by atoms with van der Waals surface area (Å²) in [6.45, 7) is 4.25. The average Bonchev–Trinajstić information content (AvgIpc) is 2.30. The molecule has 1 aromatic carbocycles. The van der Waals surface area contributed by atoms with Crippen molar-refractivity contribution in [2.75, 3.05) is 0 Å². The fourth-order valence-electron chi connectivity index (χ4n) is 2.04. The first-order valence-corrected chi connectivity index (χ1v) is 6.82. The van der Waals surface area contributed by atoms with Crippen LogP contribution in [0.15, 0.2) is 24.3 Å². The molecule has 0 saturated carbocycles. The van der Waals surface area contributed by atoms with Gasteiger partial charge < -0.3 is 0 Å². The second-order valence-electron chi connectivity index (χ2n) is 4.52. The number of halogens is 1. The van der Waals surface area contributed by atoms with Gasteiger partial charge in [-0.15, -0.1) is 0 Å². The molecule has 0 spiro atoms. The summed E-state index contributed by atoms with van der Waals surface area (Å²) in [5, 5.41) is 0.705. The van der Waals surface area contributed by atoms with Crippen LogP contribution in [0.3, 0.4) is 0 Å². The summed E-state index contributed by atoms with van der Waals surface area (Å²) >= 11 is 5.91. The molecule has 0 fully saturated rings. The summed E-state index contributed by atoms with van der Waals surface area (Å²) in [4.78, 5) is 12.1. The first-order valence-electron chi connectivity index (χ1n) is 6.44. The maximum Gasteiger partial charge on any atom is 0.140 e. The van der Waals surface area contributed by atoms with Crippen molar-refractivity contribution in [3.8, 4) is 0 Å². The van der Waals surface area contributed by atoms with Crippen LogP contribution in [0.5, 0.6) is 0 Å². The van der Waals surface area contributed by atoms with Crippen LogP contribution in [0, 0.1) is 5.92 Å². The summed E-state index contributed by atoms with van der Waals surface area (Å²) in [7, 11) is 0. The molecule has 0 amide bonds. The van der Waals surface area contributed by atoms with E-state index in [0.717, 1.165) is 31.2 Å². The van der Waals surface area contributed by atoms with Gasteiger partial charge in [0.2, 0.25) is 0 Å². The van der Waals surface area contributed by atoms with E-state index in [9.17, 15) is 4.79 Å². The number of Topliss-reactive ketones (excluding diaryl/α,β-unsaturated/α-hetero) is 1. The minimum atomic E-state index is 0.217. The lowest BCUT2D eigenvalue weighted by Crippen LogP contribution is -2.16. The predicted molar refractivity (Wildman–Crippen MR) is 73.5 cm³/mol. The minimum absolute atomic E-state index is 0.217. The summed E-state index contributed by atoms with van der Waals surface area (Å²) in [6, 6.07) is 7.59. The molecule has 1 nitrogen and oxygen atoms in total. The molecule has 0 aromatic heterocycles. The fourth-order valence-corrected chi connectivity index (χ4v) is 2.25. The van der Waals surface area contributed by atoms with E-state index in [-0.39, 0.29) is 5.92 Å². The van der Waals surface area contributed by atoms with E-state index in [4.69, 9.17) is 11.6 Å². The van der Waals surface area contributed by atoms with Crippen LogP contribution in [0.1, 0.15) is 45.1 Å². The third kappa shape index (κ3) is 4.91. The Balaban J connectivity index is 2.57. The van der Waals surface area contributed by atoms with Gasteiger partial charge in [-0.2, -0.15) is 0 Å². The second-order valence-corrected chi connectivity index (χ2v) is 4.96. The van der Waals surface area contributed by atoms with Crippen LogP contribution in [-0.2, 0) is 11.2 Å². The average molecular weight is 253 g/mol. The molecule has 0 aliphatic heterocycles. The zero-order valence-corrected chi connectivity index (χ0v) is 11.5. The molecule has 94 valence electrons. The van der Waals surface area contributed by atoms with Crippen LogP contribution >= 0.6 is 11.6 Å². The Bertz CT molecular complexity index is 360. The van der Waals surface area contributed by atoms with E-state index >= 15 is 0 Å². The van der Waals surface area contributed by atoms with Crippen molar-refractivity contribution in [2.24, 2.45) is 5.92 Å². The zero-order valence-electron chi connectivity index (χ0n) is 10.7. The molecule has 1 atom stereocenters. The van der Waals surface area contributed by atoms with E-state index in [0.29, 0.717) is 17.2 Å². The molecule has 0 radical (unpaired) electrons. The monoisotopic (exact) mass is 252 g/mol. The van der Waals surface area contributed by atoms with Crippen molar-refractivity contribution in [3.63, 3.8) is 0 Å². The zero-order chi connectivity index (χ0) is 12.7. The lowest BCUT2D eigenvalue weighted by molar-refractivity contribution is -0.122. The number of carbonyl (C=O) groups excluding carboxylic acids is 1. The Morgan fingerprint density at radius 1 is 1.35 bits per heavy atom. The largest absolute Gasteiger partial charge is 0.299 e. The van der Waals surface area contributed by atoms with Crippen LogP contribution in [-0.4, -0.2) is 5.78 Å². The third-order valence-electron chi connectivity index (χ3n) is 3.12. The van der Waals surface area contributed by atoms with Crippen LogP contribution in [0.4, 0.5) is 0 Å². The number of hydrogen-bond acceptors (Lipinski definition) is 1. The summed E-state index contributed by atoms with van der Waals surface area (Å²) < 4.78 is 0. The molecule has 0 saturated heterocycles. The first kappa shape index (κ1) is 14.2. The van der Waals surface area contributed by atoms with Gasteiger partial charge in [0.15, 0.2) is 0 Å². The topological polar surface area (TPSA) is 17.1 Å². The van der Waals surface area contributed by atoms with Crippen molar-refractivity contribution in [3.05, 3.63) is 34.9 Å². The molecular formula is C15H21ClO. The van der Waals surface area contributed by atoms with E-state index in [1.807, 2.05) is 24.3 Å². The maximum atomic E-state index is 12.1. The van der Waals surface area contributed by atoms with Gasteiger partial charge >= 0.3 is 0 Å². The van der Waals surface area contributed by atoms with Crippen LogP contribution in [0.25, 0.3) is 0 Å². The highest BCUT2D eigenvalue weighted by atomic mass is 35.5. The lowest BCUT2D eigenvalue weighted by Gasteiger charge is -2.13. The number of hydrogen-bond donors (Lipinski definition) is 0. The molecule has 0 N–H and O–H groups in total. The van der Waals surface area contributed by atoms with Crippen LogP contribution < -0.4 is 0 Å². The van der Waals surface area contributed by atoms with Gasteiger partial charge in [0.05, 0.1) is 0 Å². The van der Waals surface area contributed by atoms with Crippen molar-refractivity contribution in [2.45, 2.75) is 46.0 Å². The number of rotatable bonds is 7. The molecule has 1 rings (SSSR count). The Morgan fingerprint density at radius 3 is 2.71 bits per heavy atom. The molecule has 0 heterocycles. The Hall–Kier alpha value is -0.820. The molecular weight excluding hydrogens is 232 g/mol. The van der Waals surface area contributed by atoms with Crippen molar-refractivity contribution < 1.29 is 4.79 Å². The first-order chi connectivity index (χ1) is 8.17. The highest BCUT2D eigenvalue weighted by Crippen LogP contribution is 2.18. The van der Waals surface area contributed by atoms with E-state index in [2.05, 4.69) is 13.8 Å². The van der Waals surface area contributed by atoms with E-state index in [1.165, 1.54) is 0 Å². The van der Waals surface area contributed by atoms with Crippen molar-refractivity contribution in [1.29, 1.82) is 0 Å². The normalized spacial score (nSPS) is 12.4. The van der Waals surface area contributed by atoms with Gasteiger partial charge in [0.25, 0.3) is 0 Å². The van der Waals surface area contributed by atoms with Gasteiger partial charge in [-0.25, -0.2) is 0 Å². The Labute approximate surface area is 109 Å². The Morgan fingerprint density at radius 2 is 2.12 bits per heavy atom. The summed E-state index contributed by atoms with van der Waals surface area (Å²) in [5.41, 5.74) is 1.03. The standard InChI is InChI=1S/C15H21ClO/c1-3-5-8-13(4-2)15(17)11-12-7-6-9-14(16)10-12/h6-7,9-10,13H,3-5,8,11H2,1-2H3. The molecule has 1 aromatic rings. The van der Waals surface area contributed by atoms with E-state index in [1.54, 1.807) is 0 Å². The minimum Gasteiger partial charge on any atom is -0.299 e. The van der Waals surface area contributed by atoms with Crippen LogP contribution in [0.2, 0.25) is 5.02 Å². The number of unbranched alkanes of at least 4 members (excludes halogenated alkanes) is 1. The maximum absolute atomic E-state index is 12.1. The molecule has 1 unspecified atom stereocenters. The smallest absolute Gasteiger partial charge is 0.140 e. The molecule has 0 bridgehead atoms. The van der Waals surface area contributed by atoms with Gasteiger partial charge in [-0.1, -0.05) is 50.4 Å². The van der Waals surface area contributed by atoms with Crippen molar-refractivity contribution >= 4 is 17.4 Å². The molecule has 0 aliphatic carbocycles. The van der Waals surface area contributed by atoms with Gasteiger partial charge in [0, 0.05) is 17.4 Å². The van der Waals surface area contributed by atoms with Gasteiger partial charge in [-0.3, -0.25) is 4.79 Å². The highest BCUT2D eigenvalue weighted by molar-refractivity contribution is 6.30. The van der Waals surface area contributed by atoms with E-state index < -0.39 is 0 Å². The third-order valence-corrected chi connectivity index (χ3v) is 3.36. The lowest BCUT2D eigenvalue weighted by atomic mass is 9.91.